The molecule has 0 spiro atoms. The molecular weight excluding hydrogens is 534 g/mol. The number of pyridine rings is 1. The van der Waals surface area contributed by atoms with Crippen molar-refractivity contribution in [2.75, 3.05) is 55.8 Å². The lowest BCUT2D eigenvalue weighted by atomic mass is 10.0. The van der Waals surface area contributed by atoms with E-state index in [1.807, 2.05) is 18.2 Å². The van der Waals surface area contributed by atoms with Gasteiger partial charge in [-0.3, -0.25) is 4.90 Å². The van der Waals surface area contributed by atoms with Crippen molar-refractivity contribution in [3.8, 4) is 5.88 Å². The molecule has 11 nitrogen and oxygen atoms in total. The minimum Gasteiger partial charge on any atom is -0.478 e. The summed E-state index contributed by atoms with van der Waals surface area (Å²) in [5.41, 5.74) is 1.89. The van der Waals surface area contributed by atoms with Crippen LogP contribution in [0.25, 0.3) is 11.0 Å². The fourth-order valence-electron chi connectivity index (χ4n) is 5.57. The summed E-state index contributed by atoms with van der Waals surface area (Å²) in [6.07, 6.45) is 2.42. The second kappa shape index (κ2) is 11.3. The molecule has 1 atom stereocenters. The Morgan fingerprint density at radius 1 is 1.05 bits per heavy atom. The number of hydrogen-bond donors (Lipinski definition) is 1. The Kier molecular flexibility index (Phi) is 7.65. The molecule has 0 radical (unpaired) electrons. The first-order valence-corrected chi connectivity index (χ1v) is 15.8. The van der Waals surface area contributed by atoms with Crippen molar-refractivity contribution in [3.05, 3.63) is 47.8 Å². The number of fused-ring (bicyclic) bond motifs is 1. The third-order valence-corrected chi connectivity index (χ3v) is 9.88. The van der Waals surface area contributed by atoms with Crippen LogP contribution >= 0.6 is 0 Å². The van der Waals surface area contributed by atoms with E-state index >= 15 is 0 Å². The first-order valence-electron chi connectivity index (χ1n) is 13.9. The van der Waals surface area contributed by atoms with Crippen molar-refractivity contribution in [1.82, 2.24) is 19.4 Å². The molecule has 40 heavy (non-hydrogen) atoms. The van der Waals surface area contributed by atoms with Crippen LogP contribution in [0.1, 0.15) is 35.4 Å². The number of aromatic carboxylic acids is 1. The molecule has 5 heterocycles. The van der Waals surface area contributed by atoms with E-state index in [0.29, 0.717) is 38.4 Å². The van der Waals surface area contributed by atoms with Gasteiger partial charge >= 0.3 is 5.97 Å². The van der Waals surface area contributed by atoms with E-state index in [9.17, 15) is 18.3 Å². The highest BCUT2D eigenvalue weighted by molar-refractivity contribution is 7.91. The van der Waals surface area contributed by atoms with Crippen LogP contribution in [-0.2, 0) is 27.7 Å². The van der Waals surface area contributed by atoms with Gasteiger partial charge in [0.05, 0.1) is 53.9 Å². The van der Waals surface area contributed by atoms with Gasteiger partial charge < -0.3 is 24.0 Å². The molecule has 0 unspecified atom stereocenters. The molecule has 214 valence electrons. The third-order valence-electron chi connectivity index (χ3n) is 8.17. The van der Waals surface area contributed by atoms with E-state index < -0.39 is 15.8 Å². The second-order valence-corrected chi connectivity index (χ2v) is 13.2. The van der Waals surface area contributed by atoms with E-state index in [-0.39, 0.29) is 29.1 Å². The zero-order valence-electron chi connectivity index (χ0n) is 22.4. The Balaban J connectivity index is 1.08. The second-order valence-electron chi connectivity index (χ2n) is 10.9. The molecule has 0 aliphatic carbocycles. The summed E-state index contributed by atoms with van der Waals surface area (Å²) in [5.74, 6) is 2.15. The quantitative estimate of drug-likeness (QED) is 0.411. The van der Waals surface area contributed by atoms with Gasteiger partial charge in [-0.25, -0.2) is 18.2 Å². The summed E-state index contributed by atoms with van der Waals surface area (Å²) >= 11 is 0. The van der Waals surface area contributed by atoms with Crippen LogP contribution in [0.15, 0.2) is 36.4 Å². The largest absolute Gasteiger partial charge is 0.478 e. The number of aromatic nitrogens is 3. The molecule has 0 bridgehead atoms. The van der Waals surface area contributed by atoms with E-state index in [2.05, 4.69) is 14.4 Å². The number of piperazine rings is 1. The number of carbonyl (C=O) groups is 1. The molecule has 3 aliphatic heterocycles. The fraction of sp³-hybridized carbons (Fsp3) is 0.536. The number of hydrogen-bond acceptors (Lipinski definition) is 9. The van der Waals surface area contributed by atoms with Gasteiger partial charge in [-0.05, 0) is 49.4 Å². The molecule has 0 saturated carbocycles. The molecule has 1 aromatic carbocycles. The van der Waals surface area contributed by atoms with Crippen molar-refractivity contribution in [2.24, 2.45) is 5.92 Å². The van der Waals surface area contributed by atoms with E-state index in [0.717, 1.165) is 61.9 Å². The summed E-state index contributed by atoms with van der Waals surface area (Å²) in [7, 11) is -2.88. The number of nitrogens with zero attached hydrogens (tertiary/aromatic N) is 5. The summed E-state index contributed by atoms with van der Waals surface area (Å²) in [4.78, 5) is 25.8. The number of benzene rings is 1. The van der Waals surface area contributed by atoms with Crippen LogP contribution in [0.2, 0.25) is 0 Å². The smallest absolute Gasteiger partial charge is 0.335 e. The highest BCUT2D eigenvalue weighted by Crippen LogP contribution is 2.25. The first kappa shape index (κ1) is 27.0. The molecule has 2 aromatic heterocycles. The van der Waals surface area contributed by atoms with Gasteiger partial charge in [-0.1, -0.05) is 6.07 Å². The summed E-state index contributed by atoms with van der Waals surface area (Å²) in [5, 5.41) is 9.48. The van der Waals surface area contributed by atoms with Gasteiger partial charge in [-0.15, -0.1) is 0 Å². The first-order chi connectivity index (χ1) is 19.3. The van der Waals surface area contributed by atoms with Gasteiger partial charge in [0.1, 0.15) is 21.5 Å². The van der Waals surface area contributed by atoms with Crippen molar-refractivity contribution < 1.29 is 27.8 Å². The zero-order valence-corrected chi connectivity index (χ0v) is 23.3. The molecular formula is C28H35N5O6S. The summed E-state index contributed by atoms with van der Waals surface area (Å²) in [6, 6.07) is 10.9. The lowest BCUT2D eigenvalue weighted by molar-refractivity contribution is -0.0592. The minimum atomic E-state index is -2.88. The highest BCUT2D eigenvalue weighted by Gasteiger charge is 2.26. The SMILES string of the molecule is O=C(O)c1ccc2nc(CN3CCN(c4cccc(OCC5CCS(=O)(=O)CC5)n4)CC3)n(C[C@@H]3CCO3)c2c1. The predicted molar refractivity (Wildman–Crippen MR) is 150 cm³/mol. The van der Waals surface area contributed by atoms with Gasteiger partial charge in [0, 0.05) is 38.9 Å². The average Bonchev–Trinajstić information content (AvgIpc) is 3.26. The lowest BCUT2D eigenvalue weighted by Crippen LogP contribution is -2.46. The Morgan fingerprint density at radius 2 is 1.82 bits per heavy atom. The molecule has 0 amide bonds. The maximum atomic E-state index is 11.7. The van der Waals surface area contributed by atoms with Gasteiger partial charge in [0.25, 0.3) is 0 Å². The summed E-state index contributed by atoms with van der Waals surface area (Å²) < 4.78 is 37.1. The third kappa shape index (κ3) is 6.08. The number of anilines is 1. The number of ether oxygens (including phenoxy) is 2. The number of sulfone groups is 1. The van der Waals surface area contributed by atoms with Crippen molar-refractivity contribution in [1.29, 1.82) is 0 Å². The lowest BCUT2D eigenvalue weighted by Gasteiger charge is -2.35. The standard InChI is InChI=1S/C28H35N5O6S/c34-28(35)21-4-5-23-24(16-21)33(17-22-6-13-38-22)26(29-23)18-31-9-11-32(12-10-31)25-2-1-3-27(30-25)39-19-20-7-14-40(36,37)15-8-20/h1-5,16,20,22H,6-15,17-19H2,(H,34,35)/t22-/m0/s1. The molecule has 3 aromatic rings. The topological polar surface area (TPSA) is 127 Å². The Bertz CT molecular complexity index is 1470. The van der Waals surface area contributed by atoms with Crippen LogP contribution < -0.4 is 9.64 Å². The number of carboxylic acids is 1. The highest BCUT2D eigenvalue weighted by atomic mass is 32.2. The molecule has 12 heteroatoms. The van der Waals surface area contributed by atoms with E-state index in [1.54, 1.807) is 18.2 Å². The van der Waals surface area contributed by atoms with Crippen LogP contribution in [0, 0.1) is 5.92 Å². The Hall–Kier alpha value is -3.22. The Labute approximate surface area is 233 Å². The van der Waals surface area contributed by atoms with Crippen LogP contribution in [0.3, 0.4) is 0 Å². The summed E-state index contributed by atoms with van der Waals surface area (Å²) in [6.45, 7) is 5.89. The number of carboxylic acid groups (broad SMARTS) is 1. The molecule has 3 fully saturated rings. The van der Waals surface area contributed by atoms with Crippen molar-refractivity contribution in [2.45, 2.75) is 38.5 Å². The monoisotopic (exact) mass is 569 g/mol. The molecule has 3 aliphatic rings. The average molecular weight is 570 g/mol. The predicted octanol–water partition coefficient (Wildman–Crippen LogP) is 2.44. The Morgan fingerprint density at radius 3 is 2.52 bits per heavy atom. The van der Waals surface area contributed by atoms with Crippen LogP contribution in [0.5, 0.6) is 5.88 Å². The van der Waals surface area contributed by atoms with Gasteiger partial charge in [-0.2, -0.15) is 4.98 Å². The number of imidazole rings is 1. The van der Waals surface area contributed by atoms with E-state index in [4.69, 9.17) is 19.4 Å². The maximum Gasteiger partial charge on any atom is 0.335 e. The molecule has 3 saturated heterocycles. The van der Waals surface area contributed by atoms with Crippen LogP contribution in [-0.4, -0.2) is 95.9 Å². The van der Waals surface area contributed by atoms with Gasteiger partial charge in [0.15, 0.2) is 0 Å². The minimum absolute atomic E-state index is 0.133. The van der Waals surface area contributed by atoms with Gasteiger partial charge in [0.2, 0.25) is 5.88 Å². The normalized spacial score (nSPS) is 21.8. The van der Waals surface area contributed by atoms with Crippen molar-refractivity contribution in [3.63, 3.8) is 0 Å². The van der Waals surface area contributed by atoms with Crippen LogP contribution in [0.4, 0.5) is 5.82 Å². The fourth-order valence-corrected chi connectivity index (χ4v) is 7.16. The molecule has 1 N–H and O–H groups in total. The van der Waals surface area contributed by atoms with E-state index in [1.165, 1.54) is 0 Å². The number of rotatable bonds is 9. The molecule has 6 rings (SSSR count). The maximum absolute atomic E-state index is 11.7. The zero-order chi connectivity index (χ0) is 27.7. The van der Waals surface area contributed by atoms with Crippen molar-refractivity contribution >= 4 is 32.7 Å².